The molecular formula is C30H29F3N4O4. The van der Waals surface area contributed by atoms with Gasteiger partial charge >= 0.3 is 6.18 Å². The topological polar surface area (TPSA) is 123 Å². The number of aromatic amines is 2. The van der Waals surface area contributed by atoms with Crippen molar-refractivity contribution >= 4 is 16.8 Å². The largest absolute Gasteiger partial charge is 0.456 e. The average molecular weight is 567 g/mol. The maximum absolute atomic E-state index is 12.9. The van der Waals surface area contributed by atoms with Gasteiger partial charge in [-0.1, -0.05) is 56.3 Å². The van der Waals surface area contributed by atoms with Gasteiger partial charge in [0, 0.05) is 22.7 Å². The molecule has 214 valence electrons. The fourth-order valence-electron chi connectivity index (χ4n) is 4.10. The molecule has 0 aliphatic carbocycles. The molecule has 1 amide bonds. The van der Waals surface area contributed by atoms with Crippen molar-refractivity contribution in [1.29, 1.82) is 0 Å². The monoisotopic (exact) mass is 566 g/mol. The number of H-pyrrole nitrogens is 2. The Morgan fingerprint density at radius 1 is 1.02 bits per heavy atom. The van der Waals surface area contributed by atoms with Crippen LogP contribution in [-0.2, 0) is 0 Å². The van der Waals surface area contributed by atoms with Crippen LogP contribution in [0.5, 0.6) is 11.5 Å². The highest BCUT2D eigenvalue weighted by Crippen LogP contribution is 2.33. The normalized spacial score (nSPS) is 12.8. The molecule has 0 saturated heterocycles. The number of nitrogens with zero attached hydrogens (tertiary/aromatic N) is 1. The van der Waals surface area contributed by atoms with Crippen molar-refractivity contribution in [3.8, 4) is 22.9 Å². The molecule has 2 atom stereocenters. The lowest BCUT2D eigenvalue weighted by molar-refractivity contribution is -0.201. The maximum atomic E-state index is 12.9. The van der Waals surface area contributed by atoms with Gasteiger partial charge < -0.3 is 30.2 Å². The van der Waals surface area contributed by atoms with E-state index in [4.69, 9.17) is 4.74 Å². The number of alkyl halides is 3. The van der Waals surface area contributed by atoms with E-state index in [-0.39, 0.29) is 11.3 Å². The Kier molecular flexibility index (Phi) is 9.10. The molecule has 0 aliphatic heterocycles. The third kappa shape index (κ3) is 6.76. The predicted octanol–water partition coefficient (Wildman–Crippen LogP) is 6.11. The summed E-state index contributed by atoms with van der Waals surface area (Å²) in [5.41, 5.74) is 2.44. The van der Waals surface area contributed by atoms with Gasteiger partial charge in [-0.25, -0.2) is 4.98 Å². The van der Waals surface area contributed by atoms with Crippen LogP contribution in [0, 0.1) is 0 Å². The Labute approximate surface area is 233 Å². The zero-order valence-corrected chi connectivity index (χ0v) is 22.2. The minimum atomic E-state index is -4.87. The van der Waals surface area contributed by atoms with Gasteiger partial charge in [0.2, 0.25) is 0 Å². The van der Waals surface area contributed by atoms with Crippen LogP contribution in [0.1, 0.15) is 41.6 Å². The number of halogens is 3. The molecule has 2 unspecified atom stereocenters. The van der Waals surface area contributed by atoms with Crippen molar-refractivity contribution in [3.05, 3.63) is 102 Å². The average Bonchev–Trinajstić information content (AvgIpc) is 3.67. The fraction of sp³-hybridized carbons (Fsp3) is 0.200. The Morgan fingerprint density at radius 2 is 1.78 bits per heavy atom. The zero-order chi connectivity index (χ0) is 29.6. The predicted molar refractivity (Wildman–Crippen MR) is 149 cm³/mol. The maximum Gasteiger partial charge on any atom is 0.416 e. The van der Waals surface area contributed by atoms with Gasteiger partial charge in [-0.15, -0.1) is 0 Å². The first-order chi connectivity index (χ1) is 19.7. The van der Waals surface area contributed by atoms with E-state index in [9.17, 15) is 28.2 Å². The van der Waals surface area contributed by atoms with Crippen LogP contribution >= 0.6 is 0 Å². The first-order valence-electron chi connectivity index (χ1n) is 12.9. The molecular weight excluding hydrogens is 537 g/mol. The summed E-state index contributed by atoms with van der Waals surface area (Å²) in [4.78, 5) is 23.4. The van der Waals surface area contributed by atoms with Crippen LogP contribution in [0.15, 0.2) is 85.2 Å². The van der Waals surface area contributed by atoms with Gasteiger partial charge in [-0.2, -0.15) is 13.2 Å². The standard InChI is InChI=1S/C28H23F3N4O4.C2H6/c29-28(30,31)23(36)15-34-27(38)24-19-11-12-32-20(19)9-10-22(24)39-18-8-4-7-17(13-18)26-33-14-21(35-26)25(37)16-5-2-1-3-6-16;1-2/h1-14,23,25,32,36-37H,15H2,(H,33,35)(H,34,38);1-2H3. The van der Waals surface area contributed by atoms with Gasteiger partial charge in [-0.3, -0.25) is 4.79 Å². The Balaban J connectivity index is 0.00000189. The lowest BCUT2D eigenvalue weighted by Crippen LogP contribution is -2.40. The molecule has 2 aromatic heterocycles. The number of fused-ring (bicyclic) bond motifs is 1. The highest BCUT2D eigenvalue weighted by Gasteiger charge is 2.38. The zero-order valence-electron chi connectivity index (χ0n) is 22.2. The number of imidazole rings is 1. The molecule has 0 bridgehead atoms. The molecule has 3 aromatic carbocycles. The smallest absolute Gasteiger partial charge is 0.416 e. The third-order valence-electron chi connectivity index (χ3n) is 6.10. The van der Waals surface area contributed by atoms with Gasteiger partial charge in [-0.05, 0) is 35.9 Å². The van der Waals surface area contributed by atoms with Crippen LogP contribution in [0.3, 0.4) is 0 Å². The minimum Gasteiger partial charge on any atom is -0.456 e. The number of carbonyl (C=O) groups is 1. The van der Waals surface area contributed by atoms with E-state index in [0.717, 1.165) is 0 Å². The van der Waals surface area contributed by atoms with Gasteiger partial charge in [0.15, 0.2) is 6.10 Å². The number of hydrogen-bond acceptors (Lipinski definition) is 5. The summed E-state index contributed by atoms with van der Waals surface area (Å²) in [6.07, 6.45) is -5.33. The number of carbonyl (C=O) groups excluding carboxylic acids is 1. The number of nitrogens with one attached hydrogen (secondary N) is 3. The first-order valence-corrected chi connectivity index (χ1v) is 12.9. The quantitative estimate of drug-likeness (QED) is 0.155. The number of ether oxygens (including phenoxy) is 1. The van der Waals surface area contributed by atoms with E-state index in [1.165, 1.54) is 12.3 Å². The molecule has 5 aromatic rings. The summed E-state index contributed by atoms with van der Waals surface area (Å²) in [7, 11) is 0. The summed E-state index contributed by atoms with van der Waals surface area (Å²) >= 11 is 0. The van der Waals surface area contributed by atoms with E-state index in [1.54, 1.807) is 54.7 Å². The number of rotatable bonds is 8. The number of aromatic nitrogens is 3. The molecule has 2 heterocycles. The first kappa shape index (κ1) is 29.4. The number of amides is 1. The number of hydrogen-bond donors (Lipinski definition) is 5. The van der Waals surface area contributed by atoms with Crippen molar-refractivity contribution in [3.63, 3.8) is 0 Å². The van der Waals surface area contributed by atoms with Crippen LogP contribution in [0.2, 0.25) is 0 Å². The van der Waals surface area contributed by atoms with Crippen molar-refractivity contribution in [2.24, 2.45) is 0 Å². The summed E-state index contributed by atoms with van der Waals surface area (Å²) in [5.74, 6) is 0.0945. The second-order valence-electron chi connectivity index (χ2n) is 8.78. The van der Waals surface area contributed by atoms with Crippen LogP contribution in [0.25, 0.3) is 22.3 Å². The highest BCUT2D eigenvalue weighted by molar-refractivity contribution is 6.09. The SMILES string of the molecule is CC.O=C(NCC(O)C(F)(F)F)c1c(Oc2cccc(-c3ncc(C(O)c4ccccc4)[nH]3)c2)ccc2[nH]ccc12. The minimum absolute atomic E-state index is 0.0137. The molecule has 11 heteroatoms. The van der Waals surface area contributed by atoms with Crippen molar-refractivity contribution in [2.75, 3.05) is 6.54 Å². The summed E-state index contributed by atoms with van der Waals surface area (Å²) in [6.45, 7) is 2.99. The second kappa shape index (κ2) is 12.7. The number of aliphatic hydroxyl groups is 2. The van der Waals surface area contributed by atoms with Crippen LogP contribution < -0.4 is 10.1 Å². The summed E-state index contributed by atoms with van der Waals surface area (Å²) in [6, 6.07) is 20.8. The van der Waals surface area contributed by atoms with E-state index in [1.807, 2.05) is 32.0 Å². The Hall–Kier alpha value is -4.61. The lowest BCUT2D eigenvalue weighted by atomic mass is 10.1. The molecule has 0 saturated carbocycles. The van der Waals surface area contributed by atoms with Gasteiger partial charge in [0.25, 0.3) is 5.91 Å². The van der Waals surface area contributed by atoms with E-state index >= 15 is 0 Å². The van der Waals surface area contributed by atoms with Crippen molar-refractivity contribution < 1.29 is 32.9 Å². The molecule has 8 nitrogen and oxygen atoms in total. The van der Waals surface area contributed by atoms with Crippen molar-refractivity contribution in [1.82, 2.24) is 20.3 Å². The molecule has 5 N–H and O–H groups in total. The molecule has 41 heavy (non-hydrogen) atoms. The fourth-order valence-corrected chi connectivity index (χ4v) is 4.10. The van der Waals surface area contributed by atoms with E-state index in [2.05, 4.69) is 20.3 Å². The highest BCUT2D eigenvalue weighted by atomic mass is 19.4. The van der Waals surface area contributed by atoms with Crippen molar-refractivity contribution in [2.45, 2.75) is 32.2 Å². The Bertz CT molecular complexity index is 1600. The molecule has 0 aliphatic rings. The van der Waals surface area contributed by atoms with Gasteiger partial charge in [0.1, 0.15) is 23.4 Å². The molecule has 0 fully saturated rings. The summed E-state index contributed by atoms with van der Waals surface area (Å²) < 4.78 is 44.2. The molecule has 5 rings (SSSR count). The van der Waals surface area contributed by atoms with Crippen LogP contribution in [0.4, 0.5) is 13.2 Å². The van der Waals surface area contributed by atoms with Crippen LogP contribution in [-0.4, -0.2) is 49.9 Å². The molecule has 0 radical (unpaired) electrons. The Morgan fingerprint density at radius 3 is 2.51 bits per heavy atom. The third-order valence-corrected chi connectivity index (χ3v) is 6.10. The number of aliphatic hydroxyl groups excluding tert-OH is 2. The summed E-state index contributed by atoms with van der Waals surface area (Å²) in [5, 5.41) is 22.5. The lowest BCUT2D eigenvalue weighted by Gasteiger charge is -2.17. The van der Waals surface area contributed by atoms with E-state index < -0.39 is 30.8 Å². The molecule has 0 spiro atoms. The van der Waals surface area contributed by atoms with Gasteiger partial charge in [0.05, 0.1) is 24.0 Å². The second-order valence-corrected chi connectivity index (χ2v) is 8.78. The number of benzene rings is 3. The van der Waals surface area contributed by atoms with E-state index in [0.29, 0.717) is 39.3 Å².